The van der Waals surface area contributed by atoms with E-state index in [4.69, 9.17) is 4.74 Å². The highest BCUT2D eigenvalue weighted by Gasteiger charge is 2.26. The molecular weight excluding hydrogens is 274 g/mol. The maximum atomic E-state index is 11.7. The molecule has 1 aliphatic heterocycles. The van der Waals surface area contributed by atoms with Crippen LogP contribution in [0.1, 0.15) is 56.9 Å². The Morgan fingerprint density at radius 1 is 1.23 bits per heavy atom. The maximum Gasteiger partial charge on any atom is 0.222 e. The molecule has 1 amide bonds. The lowest BCUT2D eigenvalue weighted by atomic mass is 9.97. The van der Waals surface area contributed by atoms with Gasteiger partial charge >= 0.3 is 0 Å². The number of carbonyl (C=O) groups excluding carboxylic acids is 1. The Kier molecular flexibility index (Phi) is 5.01. The molecule has 0 radical (unpaired) electrons. The normalized spacial score (nSPS) is 22.2. The molecule has 0 spiro atoms. The third kappa shape index (κ3) is 3.45. The number of likely N-dealkylation sites (tertiary alicyclic amines) is 1. The highest BCUT2D eigenvalue weighted by atomic mass is 16.5. The van der Waals surface area contributed by atoms with Gasteiger partial charge < -0.3 is 9.64 Å². The quantitative estimate of drug-likeness (QED) is 0.823. The number of ether oxygens (including phenoxy) is 1. The Hall–Kier alpha value is -1.51. The van der Waals surface area contributed by atoms with E-state index in [0.29, 0.717) is 18.3 Å². The van der Waals surface area contributed by atoms with Crippen LogP contribution >= 0.6 is 0 Å². The number of amides is 1. The monoisotopic (exact) mass is 301 g/mol. The fourth-order valence-corrected chi connectivity index (χ4v) is 3.81. The number of carbonyl (C=O) groups is 1. The van der Waals surface area contributed by atoms with Gasteiger partial charge in [-0.3, -0.25) is 4.79 Å². The summed E-state index contributed by atoms with van der Waals surface area (Å²) >= 11 is 0. The molecule has 1 aromatic carbocycles. The molecule has 1 aliphatic carbocycles. The van der Waals surface area contributed by atoms with E-state index < -0.39 is 0 Å². The Morgan fingerprint density at radius 2 is 2.00 bits per heavy atom. The summed E-state index contributed by atoms with van der Waals surface area (Å²) in [4.78, 5) is 13.7. The lowest BCUT2D eigenvalue weighted by molar-refractivity contribution is -0.129. The van der Waals surface area contributed by atoms with Crippen molar-refractivity contribution >= 4 is 5.91 Å². The summed E-state index contributed by atoms with van der Waals surface area (Å²) in [6, 6.07) is 8.53. The summed E-state index contributed by atoms with van der Waals surface area (Å²) in [6.07, 6.45) is 6.95. The number of nitrogens with zero attached hydrogens (tertiary/aromatic N) is 1. The first-order chi connectivity index (χ1) is 10.8. The van der Waals surface area contributed by atoms with E-state index in [-0.39, 0.29) is 5.91 Å². The van der Waals surface area contributed by atoms with Gasteiger partial charge in [-0.05, 0) is 36.8 Å². The van der Waals surface area contributed by atoms with Crippen molar-refractivity contribution in [1.82, 2.24) is 4.90 Å². The molecule has 2 aliphatic rings. The van der Waals surface area contributed by atoms with Crippen LogP contribution in [0.15, 0.2) is 24.3 Å². The van der Waals surface area contributed by atoms with E-state index in [9.17, 15) is 4.79 Å². The zero-order valence-corrected chi connectivity index (χ0v) is 13.6. The molecule has 120 valence electrons. The molecule has 1 heterocycles. The van der Waals surface area contributed by atoms with Gasteiger partial charge in [0.15, 0.2) is 0 Å². The van der Waals surface area contributed by atoms with Gasteiger partial charge in [-0.15, -0.1) is 0 Å². The fourth-order valence-electron chi connectivity index (χ4n) is 3.81. The van der Waals surface area contributed by atoms with E-state index in [0.717, 1.165) is 31.9 Å². The van der Waals surface area contributed by atoms with Crippen LogP contribution in [0.3, 0.4) is 0 Å². The number of rotatable bonds is 5. The first-order valence-corrected chi connectivity index (χ1v) is 8.77. The third-order valence-corrected chi connectivity index (χ3v) is 5.13. The zero-order valence-electron chi connectivity index (χ0n) is 13.6. The van der Waals surface area contributed by atoms with Crippen LogP contribution < -0.4 is 4.74 Å². The molecule has 3 rings (SSSR count). The molecule has 0 aromatic heterocycles. The molecule has 1 saturated heterocycles. The van der Waals surface area contributed by atoms with Gasteiger partial charge in [-0.2, -0.15) is 0 Å². The van der Waals surface area contributed by atoms with Gasteiger partial charge in [0.1, 0.15) is 5.75 Å². The minimum absolute atomic E-state index is 0.272. The van der Waals surface area contributed by atoms with E-state index >= 15 is 0 Å². The second-order valence-electron chi connectivity index (χ2n) is 6.68. The van der Waals surface area contributed by atoms with Crippen LogP contribution in [0.25, 0.3) is 0 Å². The van der Waals surface area contributed by atoms with Crippen LogP contribution in [0, 0.1) is 5.92 Å². The third-order valence-electron chi connectivity index (χ3n) is 5.13. The van der Waals surface area contributed by atoms with Crippen LogP contribution in [-0.4, -0.2) is 30.5 Å². The summed E-state index contributed by atoms with van der Waals surface area (Å²) in [7, 11) is 0. The maximum absolute atomic E-state index is 11.7. The summed E-state index contributed by atoms with van der Waals surface area (Å²) in [5, 5.41) is 0. The van der Waals surface area contributed by atoms with Crippen LogP contribution in [0.5, 0.6) is 5.75 Å². The van der Waals surface area contributed by atoms with Gasteiger partial charge in [0.05, 0.1) is 6.61 Å². The second-order valence-corrected chi connectivity index (χ2v) is 6.68. The minimum Gasteiger partial charge on any atom is -0.493 e. The van der Waals surface area contributed by atoms with Crippen molar-refractivity contribution in [2.24, 2.45) is 5.92 Å². The van der Waals surface area contributed by atoms with E-state index in [2.05, 4.69) is 24.3 Å². The first-order valence-electron chi connectivity index (χ1n) is 8.77. The van der Waals surface area contributed by atoms with Gasteiger partial charge in [-0.25, -0.2) is 0 Å². The van der Waals surface area contributed by atoms with Crippen LogP contribution in [-0.2, 0) is 4.79 Å². The Labute approximate surface area is 133 Å². The molecule has 0 bridgehead atoms. The second kappa shape index (κ2) is 7.17. The average molecular weight is 301 g/mol. The standard InChI is InChI=1S/C19H27NO2/c1-2-19(21)20-12-11-15(13-20)14-22-18-10-6-5-9-17(18)16-7-3-4-8-16/h5-6,9-10,15-16H,2-4,7-8,11-14H2,1H3. The number of hydrogen-bond acceptors (Lipinski definition) is 2. The zero-order chi connectivity index (χ0) is 15.4. The van der Waals surface area contributed by atoms with Gasteiger partial charge in [0.2, 0.25) is 5.91 Å². The molecule has 1 aromatic rings. The van der Waals surface area contributed by atoms with E-state index in [1.807, 2.05) is 11.8 Å². The molecule has 3 nitrogen and oxygen atoms in total. The van der Waals surface area contributed by atoms with Gasteiger partial charge in [0.25, 0.3) is 0 Å². The summed E-state index contributed by atoms with van der Waals surface area (Å²) in [5.41, 5.74) is 1.39. The van der Waals surface area contributed by atoms with Crippen molar-refractivity contribution in [2.75, 3.05) is 19.7 Å². The Bertz CT molecular complexity index is 508. The molecular formula is C19H27NO2. The minimum atomic E-state index is 0.272. The summed E-state index contributed by atoms with van der Waals surface area (Å²) < 4.78 is 6.16. The van der Waals surface area contributed by atoms with Crippen molar-refractivity contribution in [3.8, 4) is 5.75 Å². The molecule has 2 fully saturated rings. The van der Waals surface area contributed by atoms with Crippen molar-refractivity contribution in [1.29, 1.82) is 0 Å². The van der Waals surface area contributed by atoms with Crippen LogP contribution in [0.4, 0.5) is 0 Å². The van der Waals surface area contributed by atoms with Crippen molar-refractivity contribution in [3.05, 3.63) is 29.8 Å². The summed E-state index contributed by atoms with van der Waals surface area (Å²) in [6.45, 7) is 4.42. The molecule has 22 heavy (non-hydrogen) atoms. The smallest absolute Gasteiger partial charge is 0.222 e. The van der Waals surface area contributed by atoms with Crippen molar-refractivity contribution < 1.29 is 9.53 Å². The number of benzene rings is 1. The predicted molar refractivity (Wildman–Crippen MR) is 88.1 cm³/mol. The summed E-state index contributed by atoms with van der Waals surface area (Å²) in [5.74, 6) is 2.49. The van der Waals surface area contributed by atoms with E-state index in [1.165, 1.54) is 31.2 Å². The fraction of sp³-hybridized carbons (Fsp3) is 0.632. The molecule has 1 unspecified atom stereocenters. The highest BCUT2D eigenvalue weighted by Crippen LogP contribution is 2.38. The molecule has 0 N–H and O–H groups in total. The molecule has 3 heteroatoms. The number of para-hydroxylation sites is 1. The lowest BCUT2D eigenvalue weighted by Gasteiger charge is -2.19. The van der Waals surface area contributed by atoms with Gasteiger partial charge in [-0.1, -0.05) is 38.0 Å². The van der Waals surface area contributed by atoms with Crippen LogP contribution in [0.2, 0.25) is 0 Å². The largest absolute Gasteiger partial charge is 0.493 e. The van der Waals surface area contributed by atoms with Crippen molar-refractivity contribution in [2.45, 2.75) is 51.4 Å². The topological polar surface area (TPSA) is 29.5 Å². The predicted octanol–water partition coefficient (Wildman–Crippen LogP) is 3.98. The first kappa shape index (κ1) is 15.4. The van der Waals surface area contributed by atoms with Crippen molar-refractivity contribution in [3.63, 3.8) is 0 Å². The number of hydrogen-bond donors (Lipinski definition) is 0. The highest BCUT2D eigenvalue weighted by molar-refractivity contribution is 5.76. The SMILES string of the molecule is CCC(=O)N1CCC(COc2ccccc2C2CCCC2)C1. The Morgan fingerprint density at radius 3 is 2.77 bits per heavy atom. The molecule has 1 atom stereocenters. The Balaban J connectivity index is 1.57. The average Bonchev–Trinajstić information content (AvgIpc) is 3.24. The van der Waals surface area contributed by atoms with Gasteiger partial charge in [0, 0.05) is 25.4 Å². The lowest BCUT2D eigenvalue weighted by Crippen LogP contribution is -2.28. The van der Waals surface area contributed by atoms with E-state index in [1.54, 1.807) is 0 Å². The molecule has 1 saturated carbocycles.